The number of nitrogens with zero attached hydrogens (tertiary/aromatic N) is 1. The van der Waals surface area contributed by atoms with E-state index in [1.807, 2.05) is 0 Å². The van der Waals surface area contributed by atoms with Crippen molar-refractivity contribution in [3.63, 3.8) is 0 Å². The van der Waals surface area contributed by atoms with E-state index < -0.39 is 0 Å². The van der Waals surface area contributed by atoms with Gasteiger partial charge in [0.25, 0.3) is 0 Å². The van der Waals surface area contributed by atoms with Gasteiger partial charge in [0.1, 0.15) is 0 Å². The van der Waals surface area contributed by atoms with Crippen molar-refractivity contribution in [1.82, 2.24) is 10.2 Å². The van der Waals surface area contributed by atoms with Gasteiger partial charge in [-0.1, -0.05) is 69.2 Å². The molecule has 0 aliphatic heterocycles. The van der Waals surface area contributed by atoms with Gasteiger partial charge >= 0.3 is 0 Å². The summed E-state index contributed by atoms with van der Waals surface area (Å²) >= 11 is 0. The van der Waals surface area contributed by atoms with Gasteiger partial charge in [0.05, 0.1) is 0 Å². The van der Waals surface area contributed by atoms with E-state index >= 15 is 0 Å². The molecule has 0 spiro atoms. The summed E-state index contributed by atoms with van der Waals surface area (Å²) in [4.78, 5) is 2.60. The van der Waals surface area contributed by atoms with Crippen molar-refractivity contribution in [3.05, 3.63) is 0 Å². The summed E-state index contributed by atoms with van der Waals surface area (Å²) in [6, 6.07) is 1.47. The zero-order chi connectivity index (χ0) is 19.1. The monoisotopic (exact) mass is 342 g/mol. The molecule has 1 N–H and O–H groups in total. The average molecular weight is 343 g/mol. The maximum atomic E-state index is 3.65. The summed E-state index contributed by atoms with van der Waals surface area (Å²) in [5.74, 6) is 2.37. The van der Waals surface area contributed by atoms with Crippen molar-refractivity contribution in [2.45, 2.75) is 107 Å². The first-order valence-electron chi connectivity index (χ1n) is 10.7. The third-order valence-electron chi connectivity index (χ3n) is 4.31. The molecule has 0 unspecified atom stereocenters. The Morgan fingerprint density at radius 3 is 0.958 bits per heavy atom. The maximum Gasteiger partial charge on any atom is 0.00643 e. The van der Waals surface area contributed by atoms with Gasteiger partial charge in [-0.15, -0.1) is 0 Å². The van der Waals surface area contributed by atoms with Crippen molar-refractivity contribution in [1.29, 1.82) is 0 Å². The van der Waals surface area contributed by atoms with Crippen LogP contribution >= 0.6 is 0 Å². The fourth-order valence-electron chi connectivity index (χ4n) is 3.15. The Balaban J connectivity index is 0. The summed E-state index contributed by atoms with van der Waals surface area (Å²) in [6.45, 7) is 26.5. The summed E-state index contributed by atoms with van der Waals surface area (Å²) in [6.07, 6.45) is 5.03. The molecule has 0 saturated heterocycles. The molecule has 0 amide bonds. The van der Waals surface area contributed by atoms with Crippen LogP contribution in [-0.4, -0.2) is 36.6 Å². The molecule has 0 atom stereocenters. The number of nitrogens with one attached hydrogen (secondary N) is 1. The van der Waals surface area contributed by atoms with E-state index in [9.17, 15) is 0 Å². The van der Waals surface area contributed by atoms with E-state index in [0.29, 0.717) is 0 Å². The fourth-order valence-corrected chi connectivity index (χ4v) is 3.15. The van der Waals surface area contributed by atoms with Crippen molar-refractivity contribution >= 4 is 0 Å². The number of hydrogen-bond donors (Lipinski definition) is 1. The second-order valence-corrected chi connectivity index (χ2v) is 8.59. The predicted octanol–water partition coefficient (Wildman–Crippen LogP) is 6.21. The standard InChI is InChI=1S/C12H27N.C10H23N/c1-10(2)7-13(8-11(3)4)9-12(5)6;1-5-9(6-2)11-10(7-3)8-4/h10-12H,7-9H2,1-6H3;9-11H,5-8H2,1-4H3. The second-order valence-electron chi connectivity index (χ2n) is 8.59. The number of hydrogen-bond acceptors (Lipinski definition) is 2. The van der Waals surface area contributed by atoms with Crippen molar-refractivity contribution in [2.75, 3.05) is 19.6 Å². The highest BCUT2D eigenvalue weighted by molar-refractivity contribution is 4.69. The Morgan fingerprint density at radius 1 is 0.542 bits per heavy atom. The molecular weight excluding hydrogens is 292 g/mol. The van der Waals surface area contributed by atoms with Crippen LogP contribution in [0.15, 0.2) is 0 Å². The Hall–Kier alpha value is -0.0800. The molecule has 0 aromatic heterocycles. The molecule has 0 bridgehead atoms. The highest BCUT2D eigenvalue weighted by Gasteiger charge is 2.10. The van der Waals surface area contributed by atoms with Crippen LogP contribution in [0.2, 0.25) is 0 Å². The van der Waals surface area contributed by atoms with Crippen LogP contribution in [0.25, 0.3) is 0 Å². The van der Waals surface area contributed by atoms with E-state index in [2.05, 4.69) is 79.5 Å². The molecule has 0 aromatic rings. The van der Waals surface area contributed by atoms with Gasteiger partial charge in [-0.3, -0.25) is 0 Å². The molecule has 0 aromatic carbocycles. The molecule has 0 rings (SSSR count). The Kier molecular flexibility index (Phi) is 17.9. The van der Waals surface area contributed by atoms with Gasteiger partial charge in [-0.2, -0.15) is 0 Å². The van der Waals surface area contributed by atoms with Crippen LogP contribution in [0.3, 0.4) is 0 Å². The summed E-state index contributed by atoms with van der Waals surface area (Å²) in [7, 11) is 0. The fraction of sp³-hybridized carbons (Fsp3) is 1.00. The van der Waals surface area contributed by atoms with Crippen LogP contribution in [0.1, 0.15) is 94.9 Å². The largest absolute Gasteiger partial charge is 0.311 e. The minimum absolute atomic E-state index is 0.736. The first-order chi connectivity index (χ1) is 11.2. The molecule has 0 aliphatic carbocycles. The minimum atomic E-state index is 0.736. The highest BCUT2D eigenvalue weighted by Crippen LogP contribution is 2.07. The van der Waals surface area contributed by atoms with E-state index in [-0.39, 0.29) is 0 Å². The topological polar surface area (TPSA) is 15.3 Å². The Morgan fingerprint density at radius 2 is 0.792 bits per heavy atom. The van der Waals surface area contributed by atoms with Crippen molar-refractivity contribution < 1.29 is 0 Å². The highest BCUT2D eigenvalue weighted by atomic mass is 15.1. The molecule has 0 saturated carbocycles. The third kappa shape index (κ3) is 16.8. The molecule has 0 radical (unpaired) electrons. The summed E-state index contributed by atoms with van der Waals surface area (Å²) in [5.41, 5.74) is 0. The molecule has 0 fully saturated rings. The molecular formula is C22H50N2. The van der Waals surface area contributed by atoms with E-state index in [1.165, 1.54) is 45.3 Å². The zero-order valence-corrected chi connectivity index (χ0v) is 18.8. The molecule has 0 aliphatic rings. The van der Waals surface area contributed by atoms with Gasteiger partial charge in [-0.25, -0.2) is 0 Å². The quantitative estimate of drug-likeness (QED) is 0.453. The van der Waals surface area contributed by atoms with Crippen LogP contribution < -0.4 is 5.32 Å². The van der Waals surface area contributed by atoms with Gasteiger partial charge in [-0.05, 0) is 43.4 Å². The van der Waals surface area contributed by atoms with Crippen LogP contribution in [-0.2, 0) is 0 Å². The van der Waals surface area contributed by atoms with Gasteiger partial charge in [0.15, 0.2) is 0 Å². The maximum absolute atomic E-state index is 3.65. The van der Waals surface area contributed by atoms with Crippen LogP contribution in [0, 0.1) is 17.8 Å². The lowest BCUT2D eigenvalue weighted by atomic mass is 10.1. The Labute approximate surface area is 155 Å². The van der Waals surface area contributed by atoms with E-state index in [4.69, 9.17) is 0 Å². The average Bonchev–Trinajstić information content (AvgIpc) is 2.47. The van der Waals surface area contributed by atoms with Gasteiger partial charge in [0.2, 0.25) is 0 Å². The van der Waals surface area contributed by atoms with Crippen LogP contribution in [0.4, 0.5) is 0 Å². The van der Waals surface area contributed by atoms with Crippen molar-refractivity contribution in [3.8, 4) is 0 Å². The molecule has 24 heavy (non-hydrogen) atoms. The summed E-state index contributed by atoms with van der Waals surface area (Å²) in [5, 5.41) is 3.65. The second kappa shape index (κ2) is 16.4. The van der Waals surface area contributed by atoms with E-state index in [0.717, 1.165) is 29.8 Å². The first kappa shape index (κ1) is 26.2. The zero-order valence-electron chi connectivity index (χ0n) is 18.8. The minimum Gasteiger partial charge on any atom is -0.311 e. The molecule has 148 valence electrons. The summed E-state index contributed by atoms with van der Waals surface area (Å²) < 4.78 is 0. The molecule has 2 heteroatoms. The third-order valence-corrected chi connectivity index (χ3v) is 4.31. The molecule has 2 nitrogen and oxygen atoms in total. The van der Waals surface area contributed by atoms with Gasteiger partial charge in [0, 0.05) is 31.7 Å². The van der Waals surface area contributed by atoms with Crippen molar-refractivity contribution in [2.24, 2.45) is 17.8 Å². The predicted molar refractivity (Wildman–Crippen MR) is 113 cm³/mol. The smallest absolute Gasteiger partial charge is 0.00643 e. The lowest BCUT2D eigenvalue weighted by Crippen LogP contribution is -2.36. The normalized spacial score (nSPS) is 12.0. The van der Waals surface area contributed by atoms with Gasteiger partial charge < -0.3 is 10.2 Å². The first-order valence-corrected chi connectivity index (χ1v) is 10.7. The SMILES string of the molecule is CC(C)CN(CC(C)C)CC(C)C.CCC(CC)NC(CC)CC. The Bertz CT molecular complexity index is 207. The molecule has 0 heterocycles. The lowest BCUT2D eigenvalue weighted by molar-refractivity contribution is 0.198. The van der Waals surface area contributed by atoms with E-state index in [1.54, 1.807) is 0 Å². The lowest BCUT2D eigenvalue weighted by Gasteiger charge is -2.27. The van der Waals surface area contributed by atoms with Crippen LogP contribution in [0.5, 0.6) is 0 Å². The number of rotatable bonds is 12.